The third-order valence-corrected chi connectivity index (χ3v) is 1.79. The summed E-state index contributed by atoms with van der Waals surface area (Å²) in [4.78, 5) is 34.3. The van der Waals surface area contributed by atoms with Crippen molar-refractivity contribution < 1.29 is 19.1 Å². The fourth-order valence-corrected chi connectivity index (χ4v) is 1.18. The first-order chi connectivity index (χ1) is 7.45. The summed E-state index contributed by atoms with van der Waals surface area (Å²) in [5.74, 6) is -0.981. The molecule has 6 heteroatoms. The molecule has 0 fully saturated rings. The first-order valence-electron chi connectivity index (χ1n) is 5.09. The number of rotatable bonds is 8. The van der Waals surface area contributed by atoms with Gasteiger partial charge < -0.3 is 10.5 Å². The van der Waals surface area contributed by atoms with Crippen molar-refractivity contribution in [1.29, 1.82) is 0 Å². The number of Topliss-reactive ketones (excluding diaryl/α,β-unsaturated/α-hetero) is 1. The number of hydrogen-bond acceptors (Lipinski definition) is 5. The second kappa shape index (κ2) is 7.81. The van der Waals surface area contributed by atoms with Crippen LogP contribution in [0.3, 0.4) is 0 Å². The summed E-state index contributed by atoms with van der Waals surface area (Å²) in [6, 6.07) is 0. The number of ketones is 1. The highest BCUT2D eigenvalue weighted by Gasteiger charge is 2.11. The highest BCUT2D eigenvalue weighted by atomic mass is 16.5. The minimum absolute atomic E-state index is 0.0329. The first kappa shape index (κ1) is 14.6. The number of amides is 1. The van der Waals surface area contributed by atoms with Crippen molar-refractivity contribution in [2.75, 3.05) is 26.7 Å². The molecule has 16 heavy (non-hydrogen) atoms. The Morgan fingerprint density at radius 1 is 1.19 bits per heavy atom. The van der Waals surface area contributed by atoms with Crippen LogP contribution in [-0.4, -0.2) is 49.3 Å². The second-order valence-corrected chi connectivity index (χ2v) is 3.48. The molecule has 6 nitrogen and oxygen atoms in total. The molecular weight excluding hydrogens is 212 g/mol. The Labute approximate surface area is 94.7 Å². The van der Waals surface area contributed by atoms with E-state index in [-0.39, 0.29) is 37.7 Å². The molecule has 0 aliphatic rings. The molecule has 0 heterocycles. The van der Waals surface area contributed by atoms with E-state index in [4.69, 9.17) is 5.73 Å². The van der Waals surface area contributed by atoms with Crippen LogP contribution in [0.5, 0.6) is 0 Å². The van der Waals surface area contributed by atoms with Gasteiger partial charge in [0, 0.05) is 6.42 Å². The average molecular weight is 230 g/mol. The molecular formula is C10H18N2O4. The van der Waals surface area contributed by atoms with Crippen LogP contribution in [0.2, 0.25) is 0 Å². The number of primary amides is 1. The van der Waals surface area contributed by atoms with Gasteiger partial charge in [-0.2, -0.15) is 0 Å². The van der Waals surface area contributed by atoms with Crippen LogP contribution in [0, 0.1) is 0 Å². The van der Waals surface area contributed by atoms with Crippen LogP contribution in [0.4, 0.5) is 0 Å². The maximum absolute atomic E-state index is 11.3. The van der Waals surface area contributed by atoms with E-state index in [9.17, 15) is 14.4 Å². The Kier molecular flexibility index (Phi) is 7.11. The normalized spacial score (nSPS) is 10.2. The van der Waals surface area contributed by atoms with Crippen molar-refractivity contribution in [2.45, 2.75) is 19.8 Å². The Hall–Kier alpha value is -1.43. The molecule has 0 unspecified atom stereocenters. The van der Waals surface area contributed by atoms with Crippen LogP contribution in [0.25, 0.3) is 0 Å². The molecule has 0 saturated carbocycles. The molecule has 92 valence electrons. The molecule has 0 aromatic heterocycles. The van der Waals surface area contributed by atoms with Crippen LogP contribution in [-0.2, 0) is 19.1 Å². The molecule has 0 aromatic carbocycles. The van der Waals surface area contributed by atoms with E-state index in [2.05, 4.69) is 4.74 Å². The van der Waals surface area contributed by atoms with Gasteiger partial charge in [-0.15, -0.1) is 0 Å². The number of carbonyl (C=O) groups excluding carboxylic acids is 3. The number of likely N-dealkylation sites (N-methyl/N-ethyl adjacent to an activating group) is 1. The quantitative estimate of drug-likeness (QED) is 0.558. The molecule has 0 aromatic rings. The highest BCUT2D eigenvalue weighted by molar-refractivity contribution is 5.85. The van der Waals surface area contributed by atoms with Crippen molar-refractivity contribution in [3.63, 3.8) is 0 Å². The largest absolute Gasteiger partial charge is 0.466 e. The molecule has 0 bridgehead atoms. The van der Waals surface area contributed by atoms with Crippen LogP contribution in [0.15, 0.2) is 0 Å². The van der Waals surface area contributed by atoms with Gasteiger partial charge in [-0.1, -0.05) is 0 Å². The smallest absolute Gasteiger partial charge is 0.306 e. The lowest BCUT2D eigenvalue weighted by Crippen LogP contribution is -2.34. The molecule has 0 radical (unpaired) electrons. The van der Waals surface area contributed by atoms with Gasteiger partial charge in [0.2, 0.25) is 5.91 Å². The summed E-state index contributed by atoms with van der Waals surface area (Å²) in [6.45, 7) is 2.17. The Morgan fingerprint density at radius 2 is 1.81 bits per heavy atom. The van der Waals surface area contributed by atoms with Gasteiger partial charge in [0.1, 0.15) is 5.78 Å². The molecule has 0 spiro atoms. The minimum atomic E-state index is -0.485. The molecule has 0 saturated heterocycles. The van der Waals surface area contributed by atoms with E-state index in [0.29, 0.717) is 6.61 Å². The minimum Gasteiger partial charge on any atom is -0.466 e. The number of nitrogens with two attached hydrogens (primary N) is 1. The molecule has 0 rings (SSSR count). The molecule has 0 atom stereocenters. The summed E-state index contributed by atoms with van der Waals surface area (Å²) in [7, 11) is 1.62. The summed E-state index contributed by atoms with van der Waals surface area (Å²) in [5, 5.41) is 0. The van der Waals surface area contributed by atoms with Crippen molar-refractivity contribution in [2.24, 2.45) is 5.73 Å². The zero-order valence-electron chi connectivity index (χ0n) is 9.69. The summed E-state index contributed by atoms with van der Waals surface area (Å²) < 4.78 is 4.68. The van der Waals surface area contributed by atoms with Crippen molar-refractivity contribution in [3.05, 3.63) is 0 Å². The maximum atomic E-state index is 11.3. The van der Waals surface area contributed by atoms with Crippen LogP contribution in [0.1, 0.15) is 19.8 Å². The zero-order chi connectivity index (χ0) is 12.6. The second-order valence-electron chi connectivity index (χ2n) is 3.48. The van der Waals surface area contributed by atoms with Gasteiger partial charge in [-0.25, -0.2) is 0 Å². The van der Waals surface area contributed by atoms with E-state index in [1.54, 1.807) is 14.0 Å². The Bertz CT molecular complexity index is 266. The van der Waals surface area contributed by atoms with Crippen LogP contribution < -0.4 is 5.73 Å². The van der Waals surface area contributed by atoms with Gasteiger partial charge in [-0.05, 0) is 14.0 Å². The highest BCUT2D eigenvalue weighted by Crippen LogP contribution is 1.96. The monoisotopic (exact) mass is 230 g/mol. The average Bonchev–Trinajstić information content (AvgIpc) is 2.13. The molecule has 0 aliphatic heterocycles. The Morgan fingerprint density at radius 3 is 2.31 bits per heavy atom. The number of carbonyl (C=O) groups is 3. The van der Waals surface area contributed by atoms with Gasteiger partial charge >= 0.3 is 5.97 Å². The fourth-order valence-electron chi connectivity index (χ4n) is 1.18. The van der Waals surface area contributed by atoms with E-state index in [0.717, 1.165) is 0 Å². The van der Waals surface area contributed by atoms with Crippen molar-refractivity contribution in [1.82, 2.24) is 4.90 Å². The summed E-state index contributed by atoms with van der Waals surface area (Å²) in [5.41, 5.74) is 4.96. The predicted molar refractivity (Wildman–Crippen MR) is 57.6 cm³/mol. The number of ether oxygens (including phenoxy) is 1. The first-order valence-corrected chi connectivity index (χ1v) is 5.09. The van der Waals surface area contributed by atoms with Gasteiger partial charge in [0.15, 0.2) is 0 Å². The fraction of sp³-hybridized carbons (Fsp3) is 0.700. The van der Waals surface area contributed by atoms with Crippen LogP contribution >= 0.6 is 0 Å². The predicted octanol–water partition coefficient (Wildman–Crippen LogP) is -0.684. The lowest BCUT2D eigenvalue weighted by atomic mass is 10.2. The van der Waals surface area contributed by atoms with E-state index < -0.39 is 5.91 Å². The lowest BCUT2D eigenvalue weighted by Gasteiger charge is -2.12. The zero-order valence-corrected chi connectivity index (χ0v) is 9.69. The number of hydrogen-bond donors (Lipinski definition) is 1. The van der Waals surface area contributed by atoms with E-state index in [1.807, 2.05) is 0 Å². The lowest BCUT2D eigenvalue weighted by molar-refractivity contribution is -0.144. The SMILES string of the molecule is CCOC(=O)CCC(=O)CN(C)CC(N)=O. The topological polar surface area (TPSA) is 89.7 Å². The summed E-state index contributed by atoms with van der Waals surface area (Å²) in [6.07, 6.45) is 0.207. The molecule has 2 N–H and O–H groups in total. The standard InChI is InChI=1S/C10H18N2O4/c1-3-16-10(15)5-4-8(13)6-12(2)7-9(11)14/h3-7H2,1-2H3,(H2,11,14). The van der Waals surface area contributed by atoms with Gasteiger partial charge in [-0.3, -0.25) is 19.3 Å². The Balaban J connectivity index is 3.73. The maximum Gasteiger partial charge on any atom is 0.306 e. The van der Waals surface area contributed by atoms with Gasteiger partial charge in [0.25, 0.3) is 0 Å². The summed E-state index contributed by atoms with van der Waals surface area (Å²) >= 11 is 0. The molecule has 1 amide bonds. The van der Waals surface area contributed by atoms with E-state index in [1.165, 1.54) is 4.90 Å². The van der Waals surface area contributed by atoms with E-state index >= 15 is 0 Å². The third kappa shape index (κ3) is 7.93. The van der Waals surface area contributed by atoms with Crippen molar-refractivity contribution >= 4 is 17.7 Å². The van der Waals surface area contributed by atoms with Crippen molar-refractivity contribution in [3.8, 4) is 0 Å². The third-order valence-electron chi connectivity index (χ3n) is 1.79. The van der Waals surface area contributed by atoms with Gasteiger partial charge in [0.05, 0.1) is 26.1 Å². The number of nitrogens with zero attached hydrogens (tertiary/aromatic N) is 1. The number of esters is 1. The molecule has 0 aliphatic carbocycles.